The Morgan fingerprint density at radius 2 is 2.40 bits per heavy atom. The van der Waals surface area contributed by atoms with Crippen LogP contribution in [0.4, 0.5) is 0 Å². The van der Waals surface area contributed by atoms with Crippen LogP contribution in [0.5, 0.6) is 0 Å². The monoisotopic (exact) mass is 214 g/mol. The Morgan fingerprint density at radius 1 is 1.60 bits per heavy atom. The van der Waals surface area contributed by atoms with Crippen LogP contribution in [0.25, 0.3) is 0 Å². The van der Waals surface area contributed by atoms with Gasteiger partial charge in [0.2, 0.25) is 5.91 Å². The van der Waals surface area contributed by atoms with Gasteiger partial charge in [-0.1, -0.05) is 0 Å². The zero-order valence-electron chi connectivity index (χ0n) is 8.79. The van der Waals surface area contributed by atoms with Crippen molar-refractivity contribution < 1.29 is 14.6 Å². The summed E-state index contributed by atoms with van der Waals surface area (Å²) in [7, 11) is 0. The molecular weight excluding hydrogens is 196 g/mol. The van der Waals surface area contributed by atoms with Crippen LogP contribution in [0.2, 0.25) is 0 Å². The molecule has 2 fully saturated rings. The first kappa shape index (κ1) is 10.9. The molecule has 86 valence electrons. The highest BCUT2D eigenvalue weighted by molar-refractivity contribution is 5.77. The summed E-state index contributed by atoms with van der Waals surface area (Å²) in [5.74, 6) is -0.0884. The molecule has 3 N–H and O–H groups in total. The lowest BCUT2D eigenvalue weighted by Crippen LogP contribution is -2.61. The Kier molecular flexibility index (Phi) is 3.23. The average Bonchev–Trinajstić information content (AvgIpc) is 2.64. The molecule has 5 heteroatoms. The Hall–Kier alpha value is -0.650. The molecule has 0 radical (unpaired) electrons. The minimum atomic E-state index is -0.819. The maximum Gasteiger partial charge on any atom is 0.223 e. The smallest absolute Gasteiger partial charge is 0.223 e. The van der Waals surface area contributed by atoms with Gasteiger partial charge >= 0.3 is 0 Å². The van der Waals surface area contributed by atoms with E-state index in [9.17, 15) is 9.90 Å². The van der Waals surface area contributed by atoms with Gasteiger partial charge in [0.15, 0.2) is 0 Å². The number of aliphatic hydroxyl groups is 1. The van der Waals surface area contributed by atoms with Gasteiger partial charge in [0.1, 0.15) is 0 Å². The van der Waals surface area contributed by atoms with E-state index in [1.54, 1.807) is 0 Å². The van der Waals surface area contributed by atoms with E-state index in [0.29, 0.717) is 19.6 Å². The van der Waals surface area contributed by atoms with Crippen molar-refractivity contribution in [2.24, 2.45) is 0 Å². The molecule has 5 nitrogen and oxygen atoms in total. The normalized spacial score (nSPS) is 28.5. The van der Waals surface area contributed by atoms with E-state index in [-0.39, 0.29) is 18.4 Å². The molecule has 1 unspecified atom stereocenters. The van der Waals surface area contributed by atoms with Crippen molar-refractivity contribution in [3.05, 3.63) is 0 Å². The maximum atomic E-state index is 11.5. The van der Waals surface area contributed by atoms with Crippen molar-refractivity contribution in [2.45, 2.75) is 31.0 Å². The molecule has 0 bridgehead atoms. The molecule has 2 aliphatic heterocycles. The molecular formula is C10H18N2O3. The molecule has 0 saturated carbocycles. The first-order valence-electron chi connectivity index (χ1n) is 5.49. The lowest BCUT2D eigenvalue weighted by molar-refractivity contribution is -0.128. The summed E-state index contributed by atoms with van der Waals surface area (Å²) in [5, 5.41) is 15.5. The molecule has 2 heterocycles. The van der Waals surface area contributed by atoms with Crippen LogP contribution in [0.1, 0.15) is 19.3 Å². The average molecular weight is 214 g/mol. The lowest BCUT2D eigenvalue weighted by atomic mass is 9.93. The Labute approximate surface area is 89.2 Å². The SMILES string of the molecule is O=C(CC1(O)CNC1)NCC1CCCO1. The van der Waals surface area contributed by atoms with Crippen LogP contribution in [0.15, 0.2) is 0 Å². The zero-order chi connectivity index (χ0) is 10.7. The van der Waals surface area contributed by atoms with Crippen molar-refractivity contribution >= 4 is 5.91 Å². The van der Waals surface area contributed by atoms with Gasteiger partial charge in [0.05, 0.1) is 18.1 Å². The predicted octanol–water partition coefficient (Wildman–Crippen LogP) is -0.994. The standard InChI is InChI=1S/C10H18N2O3/c13-9(4-10(14)6-11-7-10)12-5-8-2-1-3-15-8/h8,11,14H,1-7H2,(H,12,13). The Balaban J connectivity index is 1.63. The predicted molar refractivity (Wildman–Crippen MR) is 54.4 cm³/mol. The number of carbonyl (C=O) groups is 1. The molecule has 15 heavy (non-hydrogen) atoms. The molecule has 2 rings (SSSR count). The first-order chi connectivity index (χ1) is 7.18. The molecule has 2 saturated heterocycles. The number of nitrogens with one attached hydrogen (secondary N) is 2. The number of carbonyl (C=O) groups excluding carboxylic acids is 1. The van der Waals surface area contributed by atoms with E-state index in [1.165, 1.54) is 0 Å². The molecule has 0 aromatic rings. The van der Waals surface area contributed by atoms with Crippen molar-refractivity contribution in [3.63, 3.8) is 0 Å². The number of rotatable bonds is 4. The summed E-state index contributed by atoms with van der Waals surface area (Å²) in [5.41, 5.74) is -0.819. The number of amides is 1. The van der Waals surface area contributed by atoms with Crippen LogP contribution >= 0.6 is 0 Å². The van der Waals surface area contributed by atoms with E-state index in [0.717, 1.165) is 19.4 Å². The van der Waals surface area contributed by atoms with Gasteiger partial charge in [-0.15, -0.1) is 0 Å². The van der Waals surface area contributed by atoms with E-state index in [4.69, 9.17) is 4.74 Å². The van der Waals surface area contributed by atoms with Gasteiger partial charge in [0.25, 0.3) is 0 Å². The molecule has 1 amide bonds. The highest BCUT2D eigenvalue weighted by atomic mass is 16.5. The summed E-state index contributed by atoms with van der Waals surface area (Å²) in [6.45, 7) is 2.40. The fourth-order valence-corrected chi connectivity index (χ4v) is 1.93. The zero-order valence-corrected chi connectivity index (χ0v) is 8.79. The fourth-order valence-electron chi connectivity index (χ4n) is 1.93. The topological polar surface area (TPSA) is 70.6 Å². The summed E-state index contributed by atoms with van der Waals surface area (Å²) in [6.07, 6.45) is 2.45. The van der Waals surface area contributed by atoms with Gasteiger partial charge in [0, 0.05) is 26.2 Å². The first-order valence-corrected chi connectivity index (χ1v) is 5.49. The highest BCUT2D eigenvalue weighted by Crippen LogP contribution is 2.15. The van der Waals surface area contributed by atoms with Crippen molar-refractivity contribution in [3.8, 4) is 0 Å². The molecule has 0 spiro atoms. The number of hydrogen-bond acceptors (Lipinski definition) is 4. The largest absolute Gasteiger partial charge is 0.387 e. The van der Waals surface area contributed by atoms with Gasteiger partial charge in [-0.2, -0.15) is 0 Å². The number of ether oxygens (including phenoxy) is 1. The van der Waals surface area contributed by atoms with Crippen LogP contribution < -0.4 is 10.6 Å². The Bertz CT molecular complexity index is 235. The third-order valence-corrected chi connectivity index (χ3v) is 2.95. The third-order valence-electron chi connectivity index (χ3n) is 2.95. The molecule has 0 aromatic heterocycles. The van der Waals surface area contributed by atoms with Gasteiger partial charge in [-0.25, -0.2) is 0 Å². The van der Waals surface area contributed by atoms with Crippen LogP contribution in [0, 0.1) is 0 Å². The summed E-state index contributed by atoms with van der Waals surface area (Å²) in [4.78, 5) is 11.5. The third kappa shape index (κ3) is 2.90. The van der Waals surface area contributed by atoms with E-state index >= 15 is 0 Å². The second-order valence-electron chi connectivity index (χ2n) is 4.44. The number of hydrogen-bond donors (Lipinski definition) is 3. The van der Waals surface area contributed by atoms with Crippen molar-refractivity contribution in [1.29, 1.82) is 0 Å². The molecule has 0 aromatic carbocycles. The van der Waals surface area contributed by atoms with Gasteiger partial charge < -0.3 is 20.5 Å². The summed E-state index contributed by atoms with van der Waals surface area (Å²) in [6, 6.07) is 0. The van der Waals surface area contributed by atoms with E-state index in [2.05, 4.69) is 10.6 Å². The van der Waals surface area contributed by atoms with E-state index < -0.39 is 5.60 Å². The fraction of sp³-hybridized carbons (Fsp3) is 0.900. The van der Waals surface area contributed by atoms with Crippen LogP contribution in [-0.2, 0) is 9.53 Å². The summed E-state index contributed by atoms with van der Waals surface area (Å²) >= 11 is 0. The van der Waals surface area contributed by atoms with Crippen molar-refractivity contribution in [2.75, 3.05) is 26.2 Å². The molecule has 0 aliphatic carbocycles. The van der Waals surface area contributed by atoms with Gasteiger partial charge in [-0.3, -0.25) is 4.79 Å². The molecule has 1 atom stereocenters. The summed E-state index contributed by atoms with van der Waals surface area (Å²) < 4.78 is 5.38. The maximum absolute atomic E-state index is 11.5. The van der Waals surface area contributed by atoms with Crippen molar-refractivity contribution in [1.82, 2.24) is 10.6 Å². The second-order valence-corrected chi connectivity index (χ2v) is 4.44. The molecule has 2 aliphatic rings. The van der Waals surface area contributed by atoms with Crippen LogP contribution in [-0.4, -0.2) is 49.0 Å². The highest BCUT2D eigenvalue weighted by Gasteiger charge is 2.36. The minimum absolute atomic E-state index is 0.0884. The second kappa shape index (κ2) is 4.47. The minimum Gasteiger partial charge on any atom is -0.387 e. The lowest BCUT2D eigenvalue weighted by Gasteiger charge is -2.36. The number of β-amino-alcohol motifs (C(OH)–C–C–N with tert-alkyl or cyclic N) is 1. The van der Waals surface area contributed by atoms with Crippen LogP contribution in [0.3, 0.4) is 0 Å². The Morgan fingerprint density at radius 3 is 2.93 bits per heavy atom. The quantitative estimate of drug-likeness (QED) is 0.562. The van der Waals surface area contributed by atoms with Gasteiger partial charge in [-0.05, 0) is 12.8 Å². The van der Waals surface area contributed by atoms with E-state index in [1.807, 2.05) is 0 Å².